The van der Waals surface area contributed by atoms with Crippen LogP contribution >= 0.6 is 11.3 Å². The van der Waals surface area contributed by atoms with Gasteiger partial charge in [-0.1, -0.05) is 20.3 Å². The molecule has 0 aliphatic heterocycles. The number of rotatable bonds is 5. The molecule has 0 saturated heterocycles. The van der Waals surface area contributed by atoms with E-state index in [4.69, 9.17) is 5.84 Å². The Morgan fingerprint density at radius 2 is 2.44 bits per heavy atom. The Morgan fingerprint density at radius 1 is 1.62 bits per heavy atom. The minimum absolute atomic E-state index is 0.301. The molecule has 2 aromatic heterocycles. The van der Waals surface area contributed by atoms with Crippen molar-refractivity contribution < 1.29 is 0 Å². The van der Waals surface area contributed by atoms with Crippen molar-refractivity contribution in [3.05, 3.63) is 23.5 Å². The lowest BCUT2D eigenvalue weighted by Crippen LogP contribution is -2.41. The zero-order chi connectivity index (χ0) is 11.5. The van der Waals surface area contributed by atoms with Gasteiger partial charge in [0.1, 0.15) is 0 Å². The maximum absolute atomic E-state index is 5.58. The summed E-state index contributed by atoms with van der Waals surface area (Å²) < 4.78 is 2.06. The summed E-state index contributed by atoms with van der Waals surface area (Å²) in [6.07, 6.45) is 6.13. The summed E-state index contributed by atoms with van der Waals surface area (Å²) in [5, 5.41) is 2.04. The molecule has 0 spiro atoms. The van der Waals surface area contributed by atoms with Gasteiger partial charge in [-0.25, -0.2) is 4.98 Å². The van der Waals surface area contributed by atoms with Gasteiger partial charge in [-0.3, -0.25) is 15.7 Å². The van der Waals surface area contributed by atoms with Crippen LogP contribution in [0.2, 0.25) is 0 Å². The molecular formula is C11H18N4S. The lowest BCUT2D eigenvalue weighted by Gasteiger charge is -2.20. The Bertz CT molecular complexity index is 419. The lowest BCUT2D eigenvalue weighted by atomic mass is 9.96. The number of aromatic nitrogens is 2. The van der Waals surface area contributed by atoms with Crippen LogP contribution in [0.5, 0.6) is 0 Å². The first-order valence-electron chi connectivity index (χ1n) is 5.61. The van der Waals surface area contributed by atoms with E-state index in [1.807, 2.05) is 11.6 Å². The van der Waals surface area contributed by atoms with E-state index in [0.717, 1.165) is 23.5 Å². The minimum Gasteiger partial charge on any atom is -0.297 e. The minimum atomic E-state index is 0.301. The number of imidazole rings is 1. The SMILES string of the molecule is CCC(C)C(Cc1cn2ccsc2n1)NN. The van der Waals surface area contributed by atoms with Gasteiger partial charge in [0.25, 0.3) is 0 Å². The molecular weight excluding hydrogens is 220 g/mol. The summed E-state index contributed by atoms with van der Waals surface area (Å²) in [4.78, 5) is 5.61. The van der Waals surface area contributed by atoms with E-state index in [-0.39, 0.29) is 0 Å². The molecule has 0 aromatic carbocycles. The molecule has 0 bridgehead atoms. The van der Waals surface area contributed by atoms with Crippen LogP contribution in [-0.2, 0) is 6.42 Å². The molecule has 2 aromatic rings. The first kappa shape index (κ1) is 11.6. The molecule has 0 fully saturated rings. The zero-order valence-electron chi connectivity index (χ0n) is 9.68. The predicted octanol–water partition coefficient (Wildman–Crippen LogP) is 1.82. The highest BCUT2D eigenvalue weighted by atomic mass is 32.1. The van der Waals surface area contributed by atoms with Crippen LogP contribution in [0.4, 0.5) is 0 Å². The third kappa shape index (κ3) is 2.26. The molecule has 0 radical (unpaired) electrons. The molecule has 2 rings (SSSR count). The highest BCUT2D eigenvalue weighted by Crippen LogP contribution is 2.15. The number of nitrogens with zero attached hydrogens (tertiary/aromatic N) is 2. The fourth-order valence-corrected chi connectivity index (χ4v) is 2.53. The summed E-state index contributed by atoms with van der Waals surface area (Å²) in [5.41, 5.74) is 4.00. The van der Waals surface area contributed by atoms with E-state index in [1.165, 1.54) is 0 Å². The van der Waals surface area contributed by atoms with E-state index in [9.17, 15) is 0 Å². The number of thiazole rings is 1. The molecule has 0 aliphatic carbocycles. The zero-order valence-corrected chi connectivity index (χ0v) is 10.5. The molecule has 16 heavy (non-hydrogen) atoms. The standard InChI is InChI=1S/C11H18N4S/c1-3-8(2)10(14-12)6-9-7-15-4-5-16-11(15)13-9/h4-5,7-8,10,14H,3,6,12H2,1-2H3. The number of fused-ring (bicyclic) bond motifs is 1. The maximum atomic E-state index is 5.58. The average molecular weight is 238 g/mol. The second-order valence-electron chi connectivity index (χ2n) is 4.19. The van der Waals surface area contributed by atoms with Crippen LogP contribution in [-0.4, -0.2) is 15.4 Å². The van der Waals surface area contributed by atoms with Crippen molar-refractivity contribution in [2.75, 3.05) is 0 Å². The van der Waals surface area contributed by atoms with Crippen molar-refractivity contribution in [3.63, 3.8) is 0 Å². The maximum Gasteiger partial charge on any atom is 0.193 e. The number of hydrogen-bond donors (Lipinski definition) is 2. The number of hydrazine groups is 1. The van der Waals surface area contributed by atoms with E-state index in [0.29, 0.717) is 12.0 Å². The molecule has 88 valence electrons. The van der Waals surface area contributed by atoms with Gasteiger partial charge in [-0.2, -0.15) is 0 Å². The Balaban J connectivity index is 2.10. The Labute approximate surface area is 99.5 Å². The van der Waals surface area contributed by atoms with Crippen molar-refractivity contribution in [1.29, 1.82) is 0 Å². The molecule has 5 heteroatoms. The van der Waals surface area contributed by atoms with E-state index in [1.54, 1.807) is 11.3 Å². The molecule has 2 unspecified atom stereocenters. The highest BCUT2D eigenvalue weighted by Gasteiger charge is 2.16. The molecule has 2 atom stereocenters. The van der Waals surface area contributed by atoms with Crippen molar-refractivity contribution in [2.45, 2.75) is 32.7 Å². The second-order valence-corrected chi connectivity index (χ2v) is 5.06. The quantitative estimate of drug-likeness (QED) is 0.617. The fraction of sp³-hybridized carbons (Fsp3) is 0.545. The van der Waals surface area contributed by atoms with Crippen molar-refractivity contribution in [3.8, 4) is 0 Å². The average Bonchev–Trinajstić information content (AvgIpc) is 2.84. The monoisotopic (exact) mass is 238 g/mol. The third-order valence-corrected chi connectivity index (χ3v) is 3.89. The topological polar surface area (TPSA) is 55.3 Å². The normalized spacial score (nSPS) is 15.4. The molecule has 4 nitrogen and oxygen atoms in total. The summed E-state index contributed by atoms with van der Waals surface area (Å²) in [6.45, 7) is 4.39. The highest BCUT2D eigenvalue weighted by molar-refractivity contribution is 7.15. The molecule has 0 aliphatic rings. The summed E-state index contributed by atoms with van der Waals surface area (Å²) >= 11 is 1.66. The Morgan fingerprint density at radius 3 is 3.06 bits per heavy atom. The predicted molar refractivity (Wildman–Crippen MR) is 67.3 cm³/mol. The number of nitrogens with two attached hydrogens (primary N) is 1. The number of nitrogens with one attached hydrogen (secondary N) is 1. The van der Waals surface area contributed by atoms with Crippen LogP contribution < -0.4 is 11.3 Å². The summed E-state index contributed by atoms with van der Waals surface area (Å²) in [6, 6.07) is 0.301. The van der Waals surface area contributed by atoms with Gasteiger partial charge >= 0.3 is 0 Å². The van der Waals surface area contributed by atoms with Gasteiger partial charge in [0.05, 0.1) is 5.69 Å². The largest absolute Gasteiger partial charge is 0.297 e. The van der Waals surface area contributed by atoms with Crippen molar-refractivity contribution >= 4 is 16.3 Å². The second kappa shape index (κ2) is 4.95. The van der Waals surface area contributed by atoms with Gasteiger partial charge in [0, 0.05) is 30.2 Å². The van der Waals surface area contributed by atoms with Crippen LogP contribution in [0.15, 0.2) is 17.8 Å². The first-order valence-corrected chi connectivity index (χ1v) is 6.49. The van der Waals surface area contributed by atoms with Crippen molar-refractivity contribution in [2.24, 2.45) is 11.8 Å². The van der Waals surface area contributed by atoms with E-state index < -0.39 is 0 Å². The smallest absolute Gasteiger partial charge is 0.193 e. The van der Waals surface area contributed by atoms with Gasteiger partial charge in [-0.15, -0.1) is 11.3 Å². The molecule has 0 saturated carbocycles. The molecule has 0 amide bonds. The van der Waals surface area contributed by atoms with Gasteiger partial charge in [0.2, 0.25) is 0 Å². The Hall–Kier alpha value is -0.910. The van der Waals surface area contributed by atoms with Crippen LogP contribution in [0.1, 0.15) is 26.0 Å². The molecule has 3 N–H and O–H groups in total. The van der Waals surface area contributed by atoms with E-state index in [2.05, 4.69) is 34.9 Å². The van der Waals surface area contributed by atoms with Crippen LogP contribution in [0, 0.1) is 5.92 Å². The summed E-state index contributed by atoms with van der Waals surface area (Å²) in [7, 11) is 0. The fourth-order valence-electron chi connectivity index (χ4n) is 1.81. The van der Waals surface area contributed by atoms with Crippen LogP contribution in [0.25, 0.3) is 4.96 Å². The summed E-state index contributed by atoms with van der Waals surface area (Å²) in [5.74, 6) is 6.14. The lowest BCUT2D eigenvalue weighted by molar-refractivity contribution is 0.368. The van der Waals surface area contributed by atoms with Gasteiger partial charge in [0.15, 0.2) is 4.96 Å². The van der Waals surface area contributed by atoms with E-state index >= 15 is 0 Å². The third-order valence-electron chi connectivity index (χ3n) is 3.12. The van der Waals surface area contributed by atoms with Crippen molar-refractivity contribution in [1.82, 2.24) is 14.8 Å². The van der Waals surface area contributed by atoms with Gasteiger partial charge < -0.3 is 0 Å². The van der Waals surface area contributed by atoms with Gasteiger partial charge in [-0.05, 0) is 5.92 Å². The van der Waals surface area contributed by atoms with Crippen LogP contribution in [0.3, 0.4) is 0 Å². The molecule has 2 heterocycles. The first-order chi connectivity index (χ1) is 7.74. The number of hydrogen-bond acceptors (Lipinski definition) is 4. The Kier molecular flexibility index (Phi) is 3.58.